The number of nitrogens with two attached hydrogens (primary N) is 1. The van der Waals surface area contributed by atoms with Gasteiger partial charge in [-0.05, 0) is 40.5 Å². The number of halogens is 1. The second-order valence-corrected chi connectivity index (χ2v) is 9.55. The van der Waals surface area contributed by atoms with Crippen molar-refractivity contribution in [3.05, 3.63) is 22.7 Å². The van der Waals surface area contributed by atoms with Gasteiger partial charge >= 0.3 is 0 Å². The van der Waals surface area contributed by atoms with E-state index in [0.717, 1.165) is 6.26 Å². The van der Waals surface area contributed by atoms with Gasteiger partial charge in [-0.25, -0.2) is 16.8 Å². The van der Waals surface area contributed by atoms with Gasteiger partial charge in [0, 0.05) is 29.9 Å². The smallest absolute Gasteiger partial charge is 0.244 e. The van der Waals surface area contributed by atoms with Crippen molar-refractivity contribution >= 4 is 35.8 Å². The van der Waals surface area contributed by atoms with Gasteiger partial charge in [0.25, 0.3) is 0 Å². The Labute approximate surface area is 127 Å². The number of hydrogen-bond donors (Lipinski definition) is 1. The average Bonchev–Trinajstić information content (AvgIpc) is 2.75. The molecule has 0 bridgehead atoms. The maximum atomic E-state index is 12.5. The van der Waals surface area contributed by atoms with Crippen LogP contribution in [-0.2, 0) is 19.9 Å². The Hall–Kier alpha value is -0.480. The molecular formula is C11H15BrN2O4S2. The number of rotatable bonds is 3. The second-order valence-electron chi connectivity index (χ2n) is 4.78. The Morgan fingerprint density at radius 2 is 1.95 bits per heavy atom. The summed E-state index contributed by atoms with van der Waals surface area (Å²) in [6.45, 7) is 0.594. The maximum absolute atomic E-state index is 12.5. The zero-order chi connectivity index (χ0) is 15.1. The molecule has 0 spiro atoms. The first kappa shape index (κ1) is 15.9. The van der Waals surface area contributed by atoms with Crippen LogP contribution in [-0.4, -0.2) is 46.5 Å². The lowest BCUT2D eigenvalue weighted by molar-refractivity contribution is 0.472. The van der Waals surface area contributed by atoms with E-state index in [2.05, 4.69) is 15.9 Å². The first-order chi connectivity index (χ1) is 9.12. The summed E-state index contributed by atoms with van der Waals surface area (Å²) in [5.41, 5.74) is 5.72. The van der Waals surface area contributed by atoms with Crippen molar-refractivity contribution in [3.8, 4) is 0 Å². The van der Waals surface area contributed by atoms with Crippen molar-refractivity contribution in [3.63, 3.8) is 0 Å². The van der Waals surface area contributed by atoms with Crippen LogP contribution in [0.2, 0.25) is 0 Å². The molecule has 2 N–H and O–H groups in total. The summed E-state index contributed by atoms with van der Waals surface area (Å²) in [6.07, 6.45) is 1.64. The van der Waals surface area contributed by atoms with Gasteiger partial charge in [0.2, 0.25) is 10.0 Å². The van der Waals surface area contributed by atoms with Gasteiger partial charge in [0.05, 0.1) is 9.79 Å². The third-order valence-electron chi connectivity index (χ3n) is 3.14. The molecule has 2 rings (SSSR count). The van der Waals surface area contributed by atoms with E-state index in [1.54, 1.807) is 0 Å². The molecule has 0 amide bonds. The predicted octanol–water partition coefficient (Wildman–Crippen LogP) is 0.574. The van der Waals surface area contributed by atoms with E-state index in [0.29, 0.717) is 17.4 Å². The van der Waals surface area contributed by atoms with E-state index < -0.39 is 19.9 Å². The van der Waals surface area contributed by atoms with Crippen molar-refractivity contribution in [1.29, 1.82) is 0 Å². The fourth-order valence-electron chi connectivity index (χ4n) is 2.02. The van der Waals surface area contributed by atoms with Crippen molar-refractivity contribution in [2.75, 3.05) is 19.3 Å². The van der Waals surface area contributed by atoms with Crippen LogP contribution >= 0.6 is 15.9 Å². The van der Waals surface area contributed by atoms with E-state index in [1.165, 1.54) is 22.5 Å². The molecule has 1 atom stereocenters. The molecule has 6 nitrogen and oxygen atoms in total. The predicted molar refractivity (Wildman–Crippen MR) is 78.6 cm³/mol. The lowest BCUT2D eigenvalue weighted by Gasteiger charge is -2.17. The van der Waals surface area contributed by atoms with E-state index in [-0.39, 0.29) is 22.4 Å². The van der Waals surface area contributed by atoms with E-state index in [4.69, 9.17) is 5.73 Å². The minimum absolute atomic E-state index is 0.0252. The van der Waals surface area contributed by atoms with Gasteiger partial charge in [0.1, 0.15) is 0 Å². The Morgan fingerprint density at radius 3 is 2.45 bits per heavy atom. The molecule has 1 heterocycles. The molecule has 0 saturated carbocycles. The lowest BCUT2D eigenvalue weighted by atomic mass is 10.3. The summed E-state index contributed by atoms with van der Waals surface area (Å²) < 4.78 is 49.8. The van der Waals surface area contributed by atoms with Crippen LogP contribution in [0, 0.1) is 0 Å². The quantitative estimate of drug-likeness (QED) is 0.823. The number of sulfone groups is 1. The van der Waals surface area contributed by atoms with Crippen molar-refractivity contribution in [2.45, 2.75) is 22.3 Å². The highest BCUT2D eigenvalue weighted by Gasteiger charge is 2.32. The van der Waals surface area contributed by atoms with Gasteiger partial charge < -0.3 is 5.73 Å². The molecule has 1 aliphatic heterocycles. The van der Waals surface area contributed by atoms with Gasteiger partial charge in [-0.3, -0.25) is 0 Å². The lowest BCUT2D eigenvalue weighted by Crippen LogP contribution is -2.32. The topological polar surface area (TPSA) is 97.5 Å². The maximum Gasteiger partial charge on any atom is 0.244 e. The van der Waals surface area contributed by atoms with Crippen molar-refractivity contribution < 1.29 is 16.8 Å². The summed E-state index contributed by atoms with van der Waals surface area (Å²) >= 11 is 3.16. The Bertz CT molecular complexity index is 731. The molecule has 0 aromatic heterocycles. The second kappa shape index (κ2) is 5.38. The molecule has 1 aromatic rings. The SMILES string of the molecule is CS(=O)(=O)c1ccc(Br)c(S(=O)(=O)N2CC[C@@H](N)C2)c1. The summed E-state index contributed by atoms with van der Waals surface area (Å²) in [5, 5.41) is 0. The van der Waals surface area contributed by atoms with Gasteiger partial charge in [-0.1, -0.05) is 0 Å². The van der Waals surface area contributed by atoms with Crippen LogP contribution < -0.4 is 5.73 Å². The van der Waals surface area contributed by atoms with Crippen LogP contribution in [0.25, 0.3) is 0 Å². The molecular weight excluding hydrogens is 368 g/mol. The van der Waals surface area contributed by atoms with Crippen LogP contribution in [0.1, 0.15) is 6.42 Å². The number of nitrogens with zero attached hydrogens (tertiary/aromatic N) is 1. The standard InChI is InChI=1S/C11H15BrN2O4S2/c1-19(15,16)9-2-3-10(12)11(6-9)20(17,18)14-5-4-8(13)7-14/h2-3,6,8H,4-5,7,13H2,1H3/t8-/m1/s1. The Balaban J connectivity index is 2.52. The third kappa shape index (κ3) is 3.06. The highest BCUT2D eigenvalue weighted by molar-refractivity contribution is 9.10. The number of sulfonamides is 1. The minimum atomic E-state index is -3.74. The highest BCUT2D eigenvalue weighted by Crippen LogP contribution is 2.29. The van der Waals surface area contributed by atoms with Crippen LogP contribution in [0.15, 0.2) is 32.5 Å². The normalized spacial score (nSPS) is 21.2. The van der Waals surface area contributed by atoms with Gasteiger partial charge in [-0.2, -0.15) is 4.31 Å². The highest BCUT2D eigenvalue weighted by atomic mass is 79.9. The molecule has 20 heavy (non-hydrogen) atoms. The molecule has 1 aromatic carbocycles. The van der Waals surface area contributed by atoms with Gasteiger partial charge in [0.15, 0.2) is 9.84 Å². The molecule has 0 aliphatic carbocycles. The van der Waals surface area contributed by atoms with Gasteiger partial charge in [-0.15, -0.1) is 0 Å². The monoisotopic (exact) mass is 382 g/mol. The largest absolute Gasteiger partial charge is 0.326 e. The molecule has 1 saturated heterocycles. The molecule has 9 heteroatoms. The molecule has 112 valence electrons. The Morgan fingerprint density at radius 1 is 1.30 bits per heavy atom. The number of benzene rings is 1. The summed E-state index contributed by atoms with van der Waals surface area (Å²) in [6, 6.07) is 3.80. The molecule has 1 fully saturated rings. The summed E-state index contributed by atoms with van der Waals surface area (Å²) in [7, 11) is -7.21. The van der Waals surface area contributed by atoms with E-state index in [1.807, 2.05) is 0 Å². The summed E-state index contributed by atoms with van der Waals surface area (Å²) in [4.78, 5) is -0.0719. The van der Waals surface area contributed by atoms with Crippen LogP contribution in [0.4, 0.5) is 0 Å². The zero-order valence-corrected chi connectivity index (χ0v) is 14.0. The molecule has 0 unspecified atom stereocenters. The van der Waals surface area contributed by atoms with Crippen LogP contribution in [0.5, 0.6) is 0 Å². The fraction of sp³-hybridized carbons (Fsp3) is 0.455. The molecule has 1 aliphatic rings. The fourth-order valence-corrected chi connectivity index (χ4v) is 5.21. The van der Waals surface area contributed by atoms with E-state index in [9.17, 15) is 16.8 Å². The van der Waals surface area contributed by atoms with Crippen molar-refractivity contribution in [1.82, 2.24) is 4.31 Å². The molecule has 0 radical (unpaired) electrons. The van der Waals surface area contributed by atoms with E-state index >= 15 is 0 Å². The van der Waals surface area contributed by atoms with Crippen molar-refractivity contribution in [2.24, 2.45) is 5.73 Å². The minimum Gasteiger partial charge on any atom is -0.326 e. The van der Waals surface area contributed by atoms with Crippen LogP contribution in [0.3, 0.4) is 0 Å². The Kier molecular flexibility index (Phi) is 4.27. The first-order valence-corrected chi connectivity index (χ1v) is 10.00. The summed E-state index contributed by atoms with van der Waals surface area (Å²) in [5.74, 6) is 0. The first-order valence-electron chi connectivity index (χ1n) is 5.88. The number of hydrogen-bond acceptors (Lipinski definition) is 5. The average molecular weight is 383 g/mol. The zero-order valence-electron chi connectivity index (χ0n) is 10.8. The third-order valence-corrected chi connectivity index (χ3v) is 7.11.